The maximum Gasteiger partial charge on any atom is 0.223 e. The molecular formula is C13H17ClN2O2. The molecule has 1 aromatic rings. The van der Waals surface area contributed by atoms with Gasteiger partial charge in [-0.15, -0.1) is 0 Å². The number of hydrogen-bond donors (Lipinski definition) is 2. The van der Waals surface area contributed by atoms with Gasteiger partial charge in [-0.3, -0.25) is 4.79 Å². The lowest BCUT2D eigenvalue weighted by atomic mass is 10.2. The fraction of sp³-hybridized carbons (Fsp3) is 0.462. The van der Waals surface area contributed by atoms with Gasteiger partial charge in [0.1, 0.15) is 5.75 Å². The number of benzene rings is 1. The maximum atomic E-state index is 11.5. The summed E-state index contributed by atoms with van der Waals surface area (Å²) < 4.78 is 5.56. The highest BCUT2D eigenvalue weighted by atomic mass is 35.5. The SMILES string of the molecule is NCc1ccc(Cl)cc1OCCC(=O)NC1CC1. The number of carbonyl (C=O) groups excluding carboxylic acids is 1. The van der Waals surface area contributed by atoms with Crippen molar-refractivity contribution in [2.24, 2.45) is 5.73 Å². The summed E-state index contributed by atoms with van der Waals surface area (Å²) in [6, 6.07) is 5.73. The number of ether oxygens (including phenoxy) is 1. The van der Waals surface area contributed by atoms with Gasteiger partial charge in [-0.05, 0) is 25.0 Å². The lowest BCUT2D eigenvalue weighted by Gasteiger charge is -2.10. The molecule has 1 fully saturated rings. The van der Waals surface area contributed by atoms with Crippen LogP contribution in [-0.4, -0.2) is 18.6 Å². The number of hydrogen-bond acceptors (Lipinski definition) is 3. The predicted octanol–water partition coefficient (Wildman–Crippen LogP) is 1.85. The molecule has 0 bridgehead atoms. The first-order chi connectivity index (χ1) is 8.69. The molecule has 1 amide bonds. The third-order valence-corrected chi connectivity index (χ3v) is 3.01. The van der Waals surface area contributed by atoms with Crippen LogP contribution in [0, 0.1) is 0 Å². The van der Waals surface area contributed by atoms with Crippen molar-refractivity contribution in [1.29, 1.82) is 0 Å². The Bertz CT molecular complexity index is 433. The summed E-state index contributed by atoms with van der Waals surface area (Å²) in [4.78, 5) is 11.5. The molecule has 98 valence electrons. The van der Waals surface area contributed by atoms with Gasteiger partial charge >= 0.3 is 0 Å². The minimum absolute atomic E-state index is 0.0360. The van der Waals surface area contributed by atoms with Gasteiger partial charge in [0, 0.05) is 23.2 Å². The van der Waals surface area contributed by atoms with Gasteiger partial charge in [-0.2, -0.15) is 0 Å². The Kier molecular flexibility index (Phi) is 4.44. The molecule has 5 heteroatoms. The van der Waals surface area contributed by atoms with Crippen molar-refractivity contribution in [3.05, 3.63) is 28.8 Å². The molecule has 4 nitrogen and oxygen atoms in total. The van der Waals surface area contributed by atoms with Crippen LogP contribution in [0.5, 0.6) is 5.75 Å². The van der Waals surface area contributed by atoms with Gasteiger partial charge in [0.2, 0.25) is 5.91 Å². The monoisotopic (exact) mass is 268 g/mol. The van der Waals surface area contributed by atoms with Gasteiger partial charge < -0.3 is 15.8 Å². The number of nitrogens with two attached hydrogens (primary N) is 1. The highest BCUT2D eigenvalue weighted by Gasteiger charge is 2.22. The molecule has 1 aliphatic carbocycles. The normalized spacial score (nSPS) is 14.3. The number of rotatable bonds is 6. The van der Waals surface area contributed by atoms with E-state index in [9.17, 15) is 4.79 Å². The second-order valence-corrected chi connectivity index (χ2v) is 4.83. The van der Waals surface area contributed by atoms with Crippen LogP contribution in [0.1, 0.15) is 24.8 Å². The van der Waals surface area contributed by atoms with Gasteiger partial charge in [-0.1, -0.05) is 17.7 Å². The molecule has 0 heterocycles. The average Bonchev–Trinajstić information content (AvgIpc) is 3.13. The van der Waals surface area contributed by atoms with Gasteiger partial charge in [0.25, 0.3) is 0 Å². The first-order valence-corrected chi connectivity index (χ1v) is 6.47. The number of halogens is 1. The molecule has 1 aliphatic rings. The van der Waals surface area contributed by atoms with Gasteiger partial charge in [0.15, 0.2) is 0 Å². The third kappa shape index (κ3) is 3.89. The van der Waals surface area contributed by atoms with Crippen LogP contribution in [0.4, 0.5) is 0 Å². The quantitative estimate of drug-likeness (QED) is 0.828. The average molecular weight is 269 g/mol. The number of nitrogens with one attached hydrogen (secondary N) is 1. The summed E-state index contributed by atoms with van der Waals surface area (Å²) in [5, 5.41) is 3.51. The second-order valence-electron chi connectivity index (χ2n) is 4.40. The third-order valence-electron chi connectivity index (χ3n) is 2.78. The highest BCUT2D eigenvalue weighted by molar-refractivity contribution is 6.30. The summed E-state index contributed by atoms with van der Waals surface area (Å²) in [6.07, 6.45) is 2.55. The van der Waals surface area contributed by atoms with Gasteiger partial charge in [0.05, 0.1) is 13.0 Å². The largest absolute Gasteiger partial charge is 0.493 e. The Morgan fingerprint density at radius 1 is 1.50 bits per heavy atom. The van der Waals surface area contributed by atoms with E-state index in [1.54, 1.807) is 12.1 Å². The van der Waals surface area contributed by atoms with E-state index in [1.165, 1.54) is 0 Å². The predicted molar refractivity (Wildman–Crippen MR) is 70.6 cm³/mol. The Labute approximate surface area is 111 Å². The van der Waals surface area contributed by atoms with Crippen LogP contribution in [0.2, 0.25) is 5.02 Å². The smallest absolute Gasteiger partial charge is 0.223 e. The van der Waals surface area contributed by atoms with E-state index in [1.807, 2.05) is 6.07 Å². The van der Waals surface area contributed by atoms with Crippen LogP contribution in [0.15, 0.2) is 18.2 Å². The van der Waals surface area contributed by atoms with Gasteiger partial charge in [-0.25, -0.2) is 0 Å². The lowest BCUT2D eigenvalue weighted by molar-refractivity contribution is -0.121. The summed E-state index contributed by atoms with van der Waals surface area (Å²) in [5.41, 5.74) is 6.49. The fourth-order valence-electron chi connectivity index (χ4n) is 1.61. The minimum Gasteiger partial charge on any atom is -0.493 e. The van der Waals surface area contributed by atoms with Crippen molar-refractivity contribution in [1.82, 2.24) is 5.32 Å². The van der Waals surface area contributed by atoms with Crippen molar-refractivity contribution in [3.63, 3.8) is 0 Å². The molecule has 0 aromatic heterocycles. The maximum absolute atomic E-state index is 11.5. The molecule has 3 N–H and O–H groups in total. The van der Waals surface area contributed by atoms with E-state index >= 15 is 0 Å². The molecule has 0 spiro atoms. The number of amides is 1. The van der Waals surface area contributed by atoms with Crippen LogP contribution in [0.3, 0.4) is 0 Å². The zero-order valence-electron chi connectivity index (χ0n) is 10.1. The lowest BCUT2D eigenvalue weighted by Crippen LogP contribution is -2.26. The van der Waals surface area contributed by atoms with E-state index in [2.05, 4.69) is 5.32 Å². The molecular weight excluding hydrogens is 252 g/mol. The van der Waals surface area contributed by atoms with Crippen molar-refractivity contribution in [2.75, 3.05) is 6.61 Å². The van der Waals surface area contributed by atoms with Crippen LogP contribution >= 0.6 is 11.6 Å². The summed E-state index contributed by atoms with van der Waals surface area (Å²) in [5.74, 6) is 0.693. The molecule has 2 rings (SSSR count). The van der Waals surface area contributed by atoms with Crippen molar-refractivity contribution in [2.45, 2.75) is 31.8 Å². The second kappa shape index (κ2) is 6.07. The van der Waals surface area contributed by atoms with Crippen LogP contribution in [-0.2, 0) is 11.3 Å². The molecule has 0 radical (unpaired) electrons. The van der Waals surface area contributed by atoms with Crippen LogP contribution in [0.25, 0.3) is 0 Å². The zero-order valence-corrected chi connectivity index (χ0v) is 10.9. The van der Waals surface area contributed by atoms with E-state index in [0.717, 1.165) is 18.4 Å². The molecule has 1 saturated carbocycles. The molecule has 0 atom stereocenters. The standard InChI is InChI=1S/C13H17ClN2O2/c14-10-2-1-9(8-15)12(7-10)18-6-5-13(17)16-11-3-4-11/h1-2,7,11H,3-6,8,15H2,(H,16,17). The fourth-order valence-corrected chi connectivity index (χ4v) is 1.77. The first-order valence-electron chi connectivity index (χ1n) is 6.09. The van der Waals surface area contributed by atoms with E-state index < -0.39 is 0 Å². The Morgan fingerprint density at radius 2 is 2.28 bits per heavy atom. The van der Waals surface area contributed by atoms with E-state index in [0.29, 0.717) is 36.4 Å². The Hall–Kier alpha value is -1.26. The van der Waals surface area contributed by atoms with E-state index in [4.69, 9.17) is 22.1 Å². The molecule has 0 unspecified atom stereocenters. The first kappa shape index (κ1) is 13.2. The topological polar surface area (TPSA) is 64.3 Å². The van der Waals surface area contributed by atoms with Crippen molar-refractivity contribution < 1.29 is 9.53 Å². The summed E-state index contributed by atoms with van der Waals surface area (Å²) >= 11 is 5.89. The molecule has 0 aliphatic heterocycles. The highest BCUT2D eigenvalue weighted by Crippen LogP contribution is 2.23. The van der Waals surface area contributed by atoms with Crippen molar-refractivity contribution in [3.8, 4) is 5.75 Å². The summed E-state index contributed by atoms with van der Waals surface area (Å²) in [7, 11) is 0. The zero-order chi connectivity index (χ0) is 13.0. The number of carbonyl (C=O) groups is 1. The summed E-state index contributed by atoms with van der Waals surface area (Å²) in [6.45, 7) is 0.729. The van der Waals surface area contributed by atoms with E-state index in [-0.39, 0.29) is 5.91 Å². The minimum atomic E-state index is 0.0360. The Morgan fingerprint density at radius 3 is 2.94 bits per heavy atom. The molecule has 18 heavy (non-hydrogen) atoms. The molecule has 0 saturated heterocycles. The molecule has 1 aromatic carbocycles. The van der Waals surface area contributed by atoms with Crippen LogP contribution < -0.4 is 15.8 Å². The Balaban J connectivity index is 1.81. The van der Waals surface area contributed by atoms with Crippen molar-refractivity contribution >= 4 is 17.5 Å².